The number of anilines is 2. The molecule has 0 saturated heterocycles. The molecule has 2 rings (SSSR count). The molecule has 0 aliphatic carbocycles. The Morgan fingerprint density at radius 2 is 2.06 bits per heavy atom. The minimum absolute atomic E-state index is 0.577. The Morgan fingerprint density at radius 3 is 2.75 bits per heavy atom. The predicted molar refractivity (Wildman–Crippen MR) is 64.8 cm³/mol. The maximum absolute atomic E-state index is 4.43. The average Bonchev–Trinajstić information content (AvgIpc) is 2.66. The van der Waals surface area contributed by atoms with Gasteiger partial charge in [-0.2, -0.15) is 0 Å². The Morgan fingerprint density at radius 1 is 1.31 bits per heavy atom. The largest absolute Gasteiger partial charge is 0.304 e. The summed E-state index contributed by atoms with van der Waals surface area (Å²) in [5, 5.41) is 5.92. The van der Waals surface area contributed by atoms with E-state index < -0.39 is 0 Å². The van der Waals surface area contributed by atoms with Gasteiger partial charge in [0.25, 0.3) is 0 Å². The molecule has 0 amide bonds. The molecule has 0 fully saturated rings. The van der Waals surface area contributed by atoms with Crippen molar-refractivity contribution in [3.05, 3.63) is 29.5 Å². The number of nitrogens with zero attached hydrogens (tertiary/aromatic N) is 4. The van der Waals surface area contributed by atoms with Crippen molar-refractivity contribution in [2.24, 2.45) is 0 Å². The summed E-state index contributed by atoms with van der Waals surface area (Å²) >= 11 is 1.56. The number of hydrogen-bond acceptors (Lipinski definition) is 6. The fourth-order valence-electron chi connectivity index (χ4n) is 1.22. The second-order valence-electron chi connectivity index (χ2n) is 3.58. The van der Waals surface area contributed by atoms with Crippen LogP contribution in [0.2, 0.25) is 0 Å². The lowest BCUT2D eigenvalue weighted by Crippen LogP contribution is -2.10. The highest BCUT2D eigenvalue weighted by Gasteiger charge is 2.03. The minimum Gasteiger partial charge on any atom is -0.304 e. The van der Waals surface area contributed by atoms with E-state index in [1.165, 1.54) is 0 Å². The first-order valence-corrected chi connectivity index (χ1v) is 5.75. The van der Waals surface area contributed by atoms with Gasteiger partial charge in [0.05, 0.1) is 5.69 Å². The number of aromatic nitrogens is 3. The van der Waals surface area contributed by atoms with Gasteiger partial charge in [-0.05, 0) is 20.2 Å². The smallest absolute Gasteiger partial charge is 0.228 e. The van der Waals surface area contributed by atoms with Crippen LogP contribution in [0, 0.1) is 0 Å². The van der Waals surface area contributed by atoms with Crippen LogP contribution >= 0.6 is 11.3 Å². The van der Waals surface area contributed by atoms with Crippen molar-refractivity contribution in [2.75, 3.05) is 19.4 Å². The van der Waals surface area contributed by atoms with Crippen molar-refractivity contribution >= 4 is 22.4 Å². The number of nitrogens with one attached hydrogen (secondary N) is 1. The standard InChI is InChI=1S/C10H13N5S/c1-15(2)6-8-7-16-10(13-8)14-9-11-4-3-5-12-9/h3-5,7H,6H2,1-2H3,(H,11,12,13,14). The van der Waals surface area contributed by atoms with Crippen molar-refractivity contribution in [1.29, 1.82) is 0 Å². The Kier molecular flexibility index (Phi) is 3.43. The normalized spacial score (nSPS) is 10.7. The summed E-state index contributed by atoms with van der Waals surface area (Å²) < 4.78 is 0. The van der Waals surface area contributed by atoms with Gasteiger partial charge in [-0.15, -0.1) is 11.3 Å². The molecule has 0 spiro atoms. The van der Waals surface area contributed by atoms with Crippen LogP contribution in [0.25, 0.3) is 0 Å². The van der Waals surface area contributed by atoms with E-state index in [9.17, 15) is 0 Å². The van der Waals surface area contributed by atoms with Gasteiger partial charge in [0, 0.05) is 24.3 Å². The summed E-state index contributed by atoms with van der Waals surface area (Å²) in [6.07, 6.45) is 3.40. The molecule has 0 unspecified atom stereocenters. The van der Waals surface area contributed by atoms with Crippen molar-refractivity contribution < 1.29 is 0 Å². The zero-order valence-corrected chi connectivity index (χ0v) is 10.0. The highest BCUT2D eigenvalue weighted by Crippen LogP contribution is 2.18. The highest BCUT2D eigenvalue weighted by atomic mass is 32.1. The highest BCUT2D eigenvalue weighted by molar-refractivity contribution is 7.13. The summed E-state index contributed by atoms with van der Waals surface area (Å²) in [6.45, 7) is 0.841. The Hall–Kier alpha value is -1.53. The number of rotatable bonds is 4. The molecule has 1 N–H and O–H groups in total. The van der Waals surface area contributed by atoms with Crippen molar-refractivity contribution in [3.8, 4) is 0 Å². The monoisotopic (exact) mass is 235 g/mol. The van der Waals surface area contributed by atoms with Crippen LogP contribution in [0.15, 0.2) is 23.8 Å². The third-order valence-corrected chi connectivity index (χ3v) is 2.62. The van der Waals surface area contributed by atoms with Gasteiger partial charge in [-0.25, -0.2) is 15.0 Å². The maximum Gasteiger partial charge on any atom is 0.228 e. The van der Waals surface area contributed by atoms with E-state index in [4.69, 9.17) is 0 Å². The van der Waals surface area contributed by atoms with Crippen molar-refractivity contribution in [2.45, 2.75) is 6.54 Å². The summed E-state index contributed by atoms with van der Waals surface area (Å²) in [6, 6.07) is 1.78. The fraction of sp³-hybridized carbons (Fsp3) is 0.300. The lowest BCUT2D eigenvalue weighted by molar-refractivity contribution is 0.398. The zero-order chi connectivity index (χ0) is 11.4. The van der Waals surface area contributed by atoms with Gasteiger partial charge in [0.1, 0.15) is 0 Å². The predicted octanol–water partition coefficient (Wildman–Crippen LogP) is 1.74. The fourth-order valence-corrected chi connectivity index (χ4v) is 1.92. The summed E-state index contributed by atoms with van der Waals surface area (Å²) in [4.78, 5) is 14.7. The lowest BCUT2D eigenvalue weighted by Gasteiger charge is -2.05. The molecule has 2 aromatic rings. The molecule has 0 bridgehead atoms. The summed E-state index contributed by atoms with van der Waals surface area (Å²) in [7, 11) is 4.04. The van der Waals surface area contributed by atoms with Gasteiger partial charge >= 0.3 is 0 Å². The Labute approximate surface area is 98.2 Å². The van der Waals surface area contributed by atoms with Crippen LogP contribution < -0.4 is 5.32 Å². The van der Waals surface area contributed by atoms with Gasteiger partial charge < -0.3 is 10.2 Å². The van der Waals surface area contributed by atoms with E-state index in [1.807, 2.05) is 19.5 Å². The van der Waals surface area contributed by atoms with E-state index in [0.717, 1.165) is 17.4 Å². The first kappa shape index (κ1) is 11.0. The van der Waals surface area contributed by atoms with Gasteiger partial charge in [0.15, 0.2) is 5.13 Å². The van der Waals surface area contributed by atoms with E-state index in [0.29, 0.717) is 5.95 Å². The van der Waals surface area contributed by atoms with Crippen LogP contribution in [0.5, 0.6) is 0 Å². The van der Waals surface area contributed by atoms with E-state index >= 15 is 0 Å². The number of hydrogen-bond donors (Lipinski definition) is 1. The quantitative estimate of drug-likeness (QED) is 0.874. The molecule has 2 heterocycles. The lowest BCUT2D eigenvalue weighted by atomic mass is 10.5. The van der Waals surface area contributed by atoms with Gasteiger partial charge in [-0.3, -0.25) is 0 Å². The second-order valence-corrected chi connectivity index (χ2v) is 4.44. The van der Waals surface area contributed by atoms with Crippen LogP contribution in [-0.2, 0) is 6.54 Å². The molecule has 0 aliphatic rings. The van der Waals surface area contributed by atoms with Crippen LogP contribution in [0.4, 0.5) is 11.1 Å². The average molecular weight is 235 g/mol. The Balaban J connectivity index is 2.03. The second kappa shape index (κ2) is 5.00. The molecule has 5 nitrogen and oxygen atoms in total. The van der Waals surface area contributed by atoms with E-state index in [2.05, 4.69) is 25.2 Å². The molecule has 0 aromatic carbocycles. The van der Waals surface area contributed by atoms with Crippen molar-refractivity contribution in [1.82, 2.24) is 19.9 Å². The number of thiazole rings is 1. The van der Waals surface area contributed by atoms with Gasteiger partial charge in [-0.1, -0.05) is 0 Å². The summed E-state index contributed by atoms with van der Waals surface area (Å²) in [5.74, 6) is 0.577. The van der Waals surface area contributed by atoms with Crippen LogP contribution in [-0.4, -0.2) is 33.9 Å². The zero-order valence-electron chi connectivity index (χ0n) is 9.21. The molecule has 6 heteroatoms. The first-order chi connectivity index (χ1) is 7.74. The Bertz CT molecular complexity index is 439. The molecule has 0 aliphatic heterocycles. The minimum atomic E-state index is 0.577. The molecular formula is C10H13N5S. The molecule has 0 radical (unpaired) electrons. The molecule has 2 aromatic heterocycles. The third-order valence-electron chi connectivity index (χ3n) is 1.81. The molecule has 0 saturated carbocycles. The van der Waals surface area contributed by atoms with E-state index in [1.54, 1.807) is 29.8 Å². The molecule has 16 heavy (non-hydrogen) atoms. The topological polar surface area (TPSA) is 53.9 Å². The van der Waals surface area contributed by atoms with Crippen LogP contribution in [0.1, 0.15) is 5.69 Å². The molecule has 0 atom stereocenters. The van der Waals surface area contributed by atoms with Crippen LogP contribution in [0.3, 0.4) is 0 Å². The van der Waals surface area contributed by atoms with Crippen molar-refractivity contribution in [3.63, 3.8) is 0 Å². The van der Waals surface area contributed by atoms with Gasteiger partial charge in [0.2, 0.25) is 5.95 Å². The molecular weight excluding hydrogens is 222 g/mol. The maximum atomic E-state index is 4.43. The SMILES string of the molecule is CN(C)Cc1csc(Nc2ncccn2)n1. The molecule has 84 valence electrons. The van der Waals surface area contributed by atoms with E-state index in [-0.39, 0.29) is 0 Å². The first-order valence-electron chi connectivity index (χ1n) is 4.87. The third kappa shape index (κ3) is 2.98. The summed E-state index contributed by atoms with van der Waals surface area (Å²) in [5.41, 5.74) is 1.05.